The molecule has 0 spiro atoms. The molecule has 1 atom stereocenters. The van der Waals surface area contributed by atoms with Crippen LogP contribution in [0.15, 0.2) is 24.3 Å². The molecule has 2 N–H and O–H groups in total. The van der Waals surface area contributed by atoms with Crippen molar-refractivity contribution < 1.29 is 18.0 Å². The summed E-state index contributed by atoms with van der Waals surface area (Å²) in [7, 11) is 0. The highest BCUT2D eigenvalue weighted by Gasteiger charge is 2.45. The summed E-state index contributed by atoms with van der Waals surface area (Å²) < 4.78 is 37.9. The van der Waals surface area contributed by atoms with E-state index in [2.05, 4.69) is 0 Å². The van der Waals surface area contributed by atoms with Crippen molar-refractivity contribution in [3.05, 3.63) is 35.4 Å². The van der Waals surface area contributed by atoms with Gasteiger partial charge in [-0.05, 0) is 31.5 Å². The highest BCUT2D eigenvalue weighted by Crippen LogP contribution is 2.32. The Kier molecular flexibility index (Phi) is 3.54. The van der Waals surface area contributed by atoms with Gasteiger partial charge in [-0.2, -0.15) is 13.2 Å². The second-order valence-electron chi connectivity index (χ2n) is 5.71. The fourth-order valence-electron chi connectivity index (χ4n) is 2.32. The molecule has 0 bridgehead atoms. The van der Waals surface area contributed by atoms with Crippen molar-refractivity contribution in [2.45, 2.75) is 32.6 Å². The first kappa shape index (κ1) is 14.8. The summed E-state index contributed by atoms with van der Waals surface area (Å²) in [4.78, 5) is 13.7. The molecular weight excluding hydrogens is 269 g/mol. The van der Waals surface area contributed by atoms with Crippen LogP contribution in [0.1, 0.15) is 25.0 Å². The monoisotopic (exact) mass is 286 g/mol. The first-order chi connectivity index (χ1) is 9.12. The lowest BCUT2D eigenvalue weighted by atomic mass is 9.88. The molecule has 1 aromatic carbocycles. The summed E-state index contributed by atoms with van der Waals surface area (Å²) >= 11 is 0. The van der Waals surface area contributed by atoms with E-state index in [1.807, 2.05) is 0 Å². The number of alkyl halides is 3. The molecule has 1 amide bonds. The summed E-state index contributed by atoms with van der Waals surface area (Å²) in [5.41, 5.74) is 4.99. The van der Waals surface area contributed by atoms with Crippen LogP contribution in [-0.2, 0) is 17.5 Å². The standard InChI is InChI=1S/C14H17F3N2O/c1-13(2)11(18)8-19(12(13)20)7-9-4-3-5-10(6-9)14(15,16)17/h3-6,11H,7-8,18H2,1-2H3. The molecule has 2 rings (SSSR count). The van der Waals surface area contributed by atoms with Gasteiger partial charge in [0.1, 0.15) is 0 Å². The average molecular weight is 286 g/mol. The maximum Gasteiger partial charge on any atom is 0.416 e. The number of carbonyl (C=O) groups is 1. The molecule has 20 heavy (non-hydrogen) atoms. The Morgan fingerprint density at radius 3 is 2.55 bits per heavy atom. The minimum absolute atomic E-state index is 0.123. The van der Waals surface area contributed by atoms with Crippen LogP contribution in [0.4, 0.5) is 13.2 Å². The van der Waals surface area contributed by atoms with Crippen LogP contribution in [0, 0.1) is 5.41 Å². The molecule has 0 aliphatic carbocycles. The number of hydrogen-bond donors (Lipinski definition) is 1. The Balaban J connectivity index is 2.18. The number of likely N-dealkylation sites (tertiary alicyclic amines) is 1. The number of carbonyl (C=O) groups excluding carboxylic acids is 1. The smallest absolute Gasteiger partial charge is 0.336 e. The zero-order valence-electron chi connectivity index (χ0n) is 11.4. The van der Waals surface area contributed by atoms with Gasteiger partial charge in [0.15, 0.2) is 0 Å². The van der Waals surface area contributed by atoms with E-state index >= 15 is 0 Å². The van der Waals surface area contributed by atoms with Crippen molar-refractivity contribution in [1.29, 1.82) is 0 Å². The summed E-state index contributed by atoms with van der Waals surface area (Å²) in [5.74, 6) is -0.123. The van der Waals surface area contributed by atoms with Crippen molar-refractivity contribution in [2.75, 3.05) is 6.54 Å². The van der Waals surface area contributed by atoms with Gasteiger partial charge in [-0.15, -0.1) is 0 Å². The molecule has 3 nitrogen and oxygen atoms in total. The maximum absolute atomic E-state index is 12.6. The third-order valence-corrected chi connectivity index (χ3v) is 3.81. The van der Waals surface area contributed by atoms with Gasteiger partial charge in [-0.25, -0.2) is 0 Å². The molecule has 1 unspecified atom stereocenters. The topological polar surface area (TPSA) is 46.3 Å². The van der Waals surface area contributed by atoms with Crippen LogP contribution < -0.4 is 5.73 Å². The Morgan fingerprint density at radius 2 is 2.05 bits per heavy atom. The normalized spacial score (nSPS) is 22.4. The van der Waals surface area contributed by atoms with Crippen LogP contribution in [0.2, 0.25) is 0 Å². The molecule has 6 heteroatoms. The van der Waals surface area contributed by atoms with Crippen molar-refractivity contribution in [1.82, 2.24) is 4.90 Å². The van der Waals surface area contributed by atoms with Gasteiger partial charge in [-0.3, -0.25) is 4.79 Å². The molecule has 110 valence electrons. The number of halogens is 3. The van der Waals surface area contributed by atoms with Gasteiger partial charge in [0.05, 0.1) is 11.0 Å². The highest BCUT2D eigenvalue weighted by molar-refractivity contribution is 5.85. The fourth-order valence-corrected chi connectivity index (χ4v) is 2.32. The number of hydrogen-bond acceptors (Lipinski definition) is 2. The molecule has 0 aromatic heterocycles. The molecule has 1 aromatic rings. The van der Waals surface area contributed by atoms with E-state index < -0.39 is 17.2 Å². The van der Waals surface area contributed by atoms with E-state index in [0.717, 1.165) is 12.1 Å². The quantitative estimate of drug-likeness (QED) is 0.907. The van der Waals surface area contributed by atoms with Crippen molar-refractivity contribution >= 4 is 5.91 Å². The fraction of sp³-hybridized carbons (Fsp3) is 0.500. The summed E-state index contributed by atoms with van der Waals surface area (Å²) in [6, 6.07) is 4.72. The average Bonchev–Trinajstić information content (AvgIpc) is 2.53. The molecule has 1 heterocycles. The zero-order chi connectivity index (χ0) is 15.1. The minimum Gasteiger partial charge on any atom is -0.336 e. The number of rotatable bonds is 2. The molecular formula is C14H17F3N2O. The number of nitrogens with zero attached hydrogens (tertiary/aromatic N) is 1. The van der Waals surface area contributed by atoms with E-state index in [1.54, 1.807) is 19.9 Å². The Bertz CT molecular complexity index is 525. The highest BCUT2D eigenvalue weighted by atomic mass is 19.4. The zero-order valence-corrected chi connectivity index (χ0v) is 11.4. The molecule has 1 aliphatic heterocycles. The lowest BCUT2D eigenvalue weighted by molar-refractivity contribution is -0.137. The Morgan fingerprint density at radius 1 is 1.40 bits per heavy atom. The summed E-state index contributed by atoms with van der Waals surface area (Å²) in [6.45, 7) is 4.03. The lowest BCUT2D eigenvalue weighted by Crippen LogP contribution is -2.37. The first-order valence-corrected chi connectivity index (χ1v) is 6.33. The van der Waals surface area contributed by atoms with Gasteiger partial charge in [0, 0.05) is 19.1 Å². The summed E-state index contributed by atoms with van der Waals surface area (Å²) in [6.07, 6.45) is -4.37. The van der Waals surface area contributed by atoms with Crippen molar-refractivity contribution in [3.63, 3.8) is 0 Å². The lowest BCUT2D eigenvalue weighted by Gasteiger charge is -2.20. The molecule has 0 radical (unpaired) electrons. The Hall–Kier alpha value is -1.56. The first-order valence-electron chi connectivity index (χ1n) is 6.33. The second kappa shape index (κ2) is 4.77. The van der Waals surface area contributed by atoms with Crippen molar-refractivity contribution in [3.8, 4) is 0 Å². The van der Waals surface area contributed by atoms with E-state index in [4.69, 9.17) is 5.73 Å². The molecule has 1 fully saturated rings. The van der Waals surface area contributed by atoms with Gasteiger partial charge in [0.25, 0.3) is 0 Å². The predicted octanol–water partition coefficient (Wildman–Crippen LogP) is 2.40. The molecule has 1 aliphatic rings. The van der Waals surface area contributed by atoms with Crippen LogP contribution in [0.5, 0.6) is 0 Å². The number of nitrogens with two attached hydrogens (primary N) is 1. The van der Waals surface area contributed by atoms with Crippen LogP contribution in [-0.4, -0.2) is 23.4 Å². The van der Waals surface area contributed by atoms with Gasteiger partial charge in [-0.1, -0.05) is 12.1 Å². The number of amides is 1. The van der Waals surface area contributed by atoms with Crippen molar-refractivity contribution in [2.24, 2.45) is 11.1 Å². The third kappa shape index (κ3) is 2.65. The van der Waals surface area contributed by atoms with E-state index in [1.165, 1.54) is 11.0 Å². The van der Waals surface area contributed by atoms with Gasteiger partial charge in [0.2, 0.25) is 5.91 Å². The van der Waals surface area contributed by atoms with Crippen LogP contribution in [0.3, 0.4) is 0 Å². The van der Waals surface area contributed by atoms with E-state index in [-0.39, 0.29) is 18.5 Å². The van der Waals surface area contributed by atoms with Crippen LogP contribution in [0.25, 0.3) is 0 Å². The van der Waals surface area contributed by atoms with Gasteiger partial charge >= 0.3 is 6.18 Å². The third-order valence-electron chi connectivity index (χ3n) is 3.81. The predicted molar refractivity (Wildman–Crippen MR) is 68.6 cm³/mol. The maximum atomic E-state index is 12.6. The Labute approximate surface area is 115 Å². The minimum atomic E-state index is -4.37. The molecule has 1 saturated heterocycles. The molecule has 0 saturated carbocycles. The van der Waals surface area contributed by atoms with Crippen LogP contribution >= 0.6 is 0 Å². The van der Waals surface area contributed by atoms with E-state index in [9.17, 15) is 18.0 Å². The number of benzene rings is 1. The SMILES string of the molecule is CC1(C)C(=O)N(Cc2cccc(C(F)(F)F)c2)CC1N. The van der Waals surface area contributed by atoms with E-state index in [0.29, 0.717) is 12.1 Å². The second-order valence-corrected chi connectivity index (χ2v) is 5.71. The summed E-state index contributed by atoms with van der Waals surface area (Å²) in [5, 5.41) is 0. The largest absolute Gasteiger partial charge is 0.416 e. The van der Waals surface area contributed by atoms with Gasteiger partial charge < -0.3 is 10.6 Å².